The first kappa shape index (κ1) is 17.9. The minimum atomic E-state index is -4.59. The number of halogens is 3. The van der Waals surface area contributed by atoms with E-state index in [4.69, 9.17) is 19.9 Å². The third kappa shape index (κ3) is 4.54. The zero-order valence-corrected chi connectivity index (χ0v) is 12.4. The van der Waals surface area contributed by atoms with Crippen LogP contribution >= 0.6 is 0 Å². The van der Waals surface area contributed by atoms with E-state index in [0.717, 1.165) is 0 Å². The molecule has 0 aliphatic carbocycles. The molecule has 0 fully saturated rings. The molecule has 0 aromatic heterocycles. The second-order valence-corrected chi connectivity index (χ2v) is 4.96. The largest absolute Gasteiger partial charge is 0.416 e. The second-order valence-electron chi connectivity index (χ2n) is 4.96. The molecular weight excluding hydrogens is 317 g/mol. The van der Waals surface area contributed by atoms with Crippen molar-refractivity contribution in [3.63, 3.8) is 0 Å². The Balaban J connectivity index is 1.76. The maximum absolute atomic E-state index is 13.0. The molecule has 0 radical (unpaired) electrons. The Morgan fingerprint density at radius 1 is 1.17 bits per heavy atom. The topological polar surface area (TPSA) is 82.8 Å². The lowest BCUT2D eigenvalue weighted by Crippen LogP contribution is -2.34. The van der Waals surface area contributed by atoms with Gasteiger partial charge in [0, 0.05) is 13.1 Å². The Hall–Kier alpha value is -1.42. The quantitative estimate of drug-likeness (QED) is 0.467. The summed E-state index contributed by atoms with van der Waals surface area (Å²) >= 11 is 0. The van der Waals surface area contributed by atoms with E-state index < -0.39 is 29.9 Å². The van der Waals surface area contributed by atoms with Gasteiger partial charge in [-0.1, -0.05) is 12.2 Å². The summed E-state index contributed by atoms with van der Waals surface area (Å²) in [6.45, 7) is 1.83. The lowest BCUT2D eigenvalue weighted by molar-refractivity contribution is -0.119. The normalized spacial score (nSPS) is 23.0. The van der Waals surface area contributed by atoms with Gasteiger partial charge in [-0.2, -0.15) is 13.2 Å². The molecule has 0 aromatic rings. The summed E-state index contributed by atoms with van der Waals surface area (Å²) in [5.41, 5.74) is 3.96. The van der Waals surface area contributed by atoms with E-state index in [1.165, 1.54) is 12.2 Å². The maximum Gasteiger partial charge on any atom is 0.416 e. The van der Waals surface area contributed by atoms with Crippen molar-refractivity contribution in [3.05, 3.63) is 23.3 Å². The average Bonchev–Trinajstić information content (AvgIpc) is 3.09. The lowest BCUT2D eigenvalue weighted by Gasteiger charge is -2.16. The number of fused-ring (bicyclic) bond motifs is 2. The van der Waals surface area contributed by atoms with Gasteiger partial charge in [0.05, 0.1) is 37.6 Å². The Bertz CT molecular complexity index is 491. The summed E-state index contributed by atoms with van der Waals surface area (Å²) in [6.07, 6.45) is -3.93. The zero-order valence-electron chi connectivity index (χ0n) is 12.4. The van der Waals surface area contributed by atoms with Crippen molar-refractivity contribution in [2.24, 2.45) is 5.73 Å². The summed E-state index contributed by atoms with van der Waals surface area (Å²) < 4.78 is 54.4. The number of rotatable bonds is 9. The molecule has 2 unspecified atom stereocenters. The number of hydrogen-bond acceptors (Lipinski definition) is 5. The predicted octanol–water partition coefficient (Wildman–Crippen LogP) is 0.291. The van der Waals surface area contributed by atoms with Gasteiger partial charge >= 0.3 is 6.18 Å². The standard InChI is InChI=1S/C14H19F3N2O4/c15-14(16,17)12-10-2-1-9(23-10)11(12)13(20)19-4-6-22-8-7-21-5-3-18/h1-2,9-10H,3-8,18H2,(H,19,20). The van der Waals surface area contributed by atoms with E-state index in [9.17, 15) is 18.0 Å². The number of carbonyl (C=O) groups excluding carboxylic acids is 1. The fourth-order valence-corrected chi connectivity index (χ4v) is 2.39. The molecule has 9 heteroatoms. The van der Waals surface area contributed by atoms with Gasteiger partial charge in [0.1, 0.15) is 12.2 Å². The van der Waals surface area contributed by atoms with Gasteiger partial charge in [0.15, 0.2) is 0 Å². The van der Waals surface area contributed by atoms with Crippen molar-refractivity contribution in [2.75, 3.05) is 39.5 Å². The van der Waals surface area contributed by atoms with Crippen LogP contribution in [0.1, 0.15) is 0 Å². The summed E-state index contributed by atoms with van der Waals surface area (Å²) in [7, 11) is 0. The summed E-state index contributed by atoms with van der Waals surface area (Å²) in [4.78, 5) is 12.0. The zero-order chi connectivity index (χ0) is 16.9. The Labute approximate surface area is 131 Å². The number of alkyl halides is 3. The molecule has 130 valence electrons. The maximum atomic E-state index is 13.0. The number of nitrogens with one attached hydrogen (secondary N) is 1. The highest BCUT2D eigenvalue weighted by molar-refractivity contribution is 5.97. The summed E-state index contributed by atoms with van der Waals surface area (Å²) in [5.74, 6) is -0.780. The van der Waals surface area contributed by atoms with Gasteiger partial charge in [-0.15, -0.1) is 0 Å². The van der Waals surface area contributed by atoms with Crippen LogP contribution in [-0.4, -0.2) is 63.8 Å². The minimum Gasteiger partial charge on any atom is -0.378 e. The molecule has 2 aliphatic rings. The van der Waals surface area contributed by atoms with E-state index in [1.54, 1.807) is 0 Å². The van der Waals surface area contributed by atoms with Gasteiger partial charge in [-0.05, 0) is 0 Å². The van der Waals surface area contributed by atoms with Gasteiger partial charge in [-0.25, -0.2) is 0 Å². The van der Waals surface area contributed by atoms with Crippen LogP contribution in [0.4, 0.5) is 13.2 Å². The van der Waals surface area contributed by atoms with Crippen LogP contribution in [0.3, 0.4) is 0 Å². The molecule has 2 bridgehead atoms. The number of ether oxygens (including phenoxy) is 3. The average molecular weight is 336 g/mol. The van der Waals surface area contributed by atoms with Gasteiger partial charge in [-0.3, -0.25) is 4.79 Å². The first-order chi connectivity index (χ1) is 10.9. The number of carbonyl (C=O) groups is 1. The number of hydrogen-bond donors (Lipinski definition) is 2. The highest BCUT2D eigenvalue weighted by atomic mass is 19.4. The first-order valence-corrected chi connectivity index (χ1v) is 7.24. The molecule has 0 saturated carbocycles. The molecule has 23 heavy (non-hydrogen) atoms. The SMILES string of the molecule is NCCOCCOCCNC(=O)C1=C(C(F)(F)F)C2C=CC1O2. The summed E-state index contributed by atoms with van der Waals surface area (Å²) in [5, 5.41) is 2.42. The van der Waals surface area contributed by atoms with Crippen LogP contribution < -0.4 is 11.1 Å². The van der Waals surface area contributed by atoms with Crippen LogP contribution in [0.25, 0.3) is 0 Å². The van der Waals surface area contributed by atoms with Gasteiger partial charge in [0.25, 0.3) is 5.91 Å². The van der Waals surface area contributed by atoms with Gasteiger partial charge in [0.2, 0.25) is 0 Å². The molecule has 0 spiro atoms. The summed E-state index contributed by atoms with van der Waals surface area (Å²) in [6, 6.07) is 0. The van der Waals surface area contributed by atoms with Crippen molar-refractivity contribution < 1.29 is 32.2 Å². The Morgan fingerprint density at radius 2 is 1.83 bits per heavy atom. The van der Waals surface area contributed by atoms with Crippen molar-refractivity contribution in [3.8, 4) is 0 Å². The van der Waals surface area contributed by atoms with Crippen molar-refractivity contribution in [1.82, 2.24) is 5.32 Å². The molecule has 3 N–H and O–H groups in total. The van der Waals surface area contributed by atoms with E-state index in [0.29, 0.717) is 26.4 Å². The van der Waals surface area contributed by atoms with Crippen LogP contribution in [-0.2, 0) is 19.0 Å². The molecule has 2 aliphatic heterocycles. The molecule has 2 heterocycles. The minimum absolute atomic E-state index is 0.103. The Kier molecular flexibility index (Phi) is 6.17. The monoisotopic (exact) mass is 336 g/mol. The molecule has 1 amide bonds. The fourth-order valence-electron chi connectivity index (χ4n) is 2.39. The molecule has 2 rings (SSSR count). The van der Waals surface area contributed by atoms with Gasteiger partial charge < -0.3 is 25.3 Å². The fraction of sp³-hybridized carbons (Fsp3) is 0.643. The van der Waals surface area contributed by atoms with Crippen molar-refractivity contribution in [1.29, 1.82) is 0 Å². The van der Waals surface area contributed by atoms with E-state index in [-0.39, 0.29) is 18.7 Å². The smallest absolute Gasteiger partial charge is 0.378 e. The highest BCUT2D eigenvalue weighted by Crippen LogP contribution is 2.43. The third-order valence-electron chi connectivity index (χ3n) is 3.33. The van der Waals surface area contributed by atoms with Crippen LogP contribution in [0, 0.1) is 0 Å². The van der Waals surface area contributed by atoms with E-state index in [1.807, 2.05) is 0 Å². The molecule has 0 aromatic carbocycles. The van der Waals surface area contributed by atoms with Crippen LogP contribution in [0.5, 0.6) is 0 Å². The van der Waals surface area contributed by atoms with Crippen LogP contribution in [0.2, 0.25) is 0 Å². The first-order valence-electron chi connectivity index (χ1n) is 7.24. The lowest BCUT2D eigenvalue weighted by atomic mass is 9.96. The third-order valence-corrected chi connectivity index (χ3v) is 3.33. The molecular formula is C14H19F3N2O4. The van der Waals surface area contributed by atoms with Crippen molar-refractivity contribution in [2.45, 2.75) is 18.4 Å². The van der Waals surface area contributed by atoms with Crippen molar-refractivity contribution >= 4 is 5.91 Å². The molecule has 0 saturated heterocycles. The molecule has 2 atom stereocenters. The van der Waals surface area contributed by atoms with E-state index in [2.05, 4.69) is 5.32 Å². The number of amides is 1. The van der Waals surface area contributed by atoms with Crippen LogP contribution in [0.15, 0.2) is 23.3 Å². The highest BCUT2D eigenvalue weighted by Gasteiger charge is 2.51. The second kappa shape index (κ2) is 7.91. The van der Waals surface area contributed by atoms with E-state index >= 15 is 0 Å². The predicted molar refractivity (Wildman–Crippen MR) is 74.6 cm³/mol. The Morgan fingerprint density at radius 3 is 2.48 bits per heavy atom. The number of nitrogens with two attached hydrogens (primary N) is 1. The molecule has 6 nitrogen and oxygen atoms in total.